The highest BCUT2D eigenvalue weighted by Crippen LogP contribution is 2.23. The zero-order valence-corrected chi connectivity index (χ0v) is 7.12. The van der Waals surface area contributed by atoms with Crippen molar-refractivity contribution >= 4 is 27.2 Å². The lowest BCUT2D eigenvalue weighted by atomic mass is 10.3. The summed E-state index contributed by atoms with van der Waals surface area (Å²) < 4.78 is 1.68. The van der Waals surface area contributed by atoms with Crippen LogP contribution in [0.25, 0.3) is 11.0 Å². The van der Waals surface area contributed by atoms with Crippen LogP contribution < -0.4 is 0 Å². The molecule has 0 aliphatic rings. The second-order valence-electron chi connectivity index (χ2n) is 2.20. The van der Waals surface area contributed by atoms with E-state index < -0.39 is 0 Å². The third-order valence-electron chi connectivity index (χ3n) is 1.51. The minimum atomic E-state index is 0.209. The number of benzene rings is 1. The zero-order valence-electron chi connectivity index (χ0n) is 5.53. The summed E-state index contributed by atoms with van der Waals surface area (Å²) in [5.41, 5.74) is 1.48. The molecule has 0 aliphatic carbocycles. The van der Waals surface area contributed by atoms with E-state index in [0.717, 1.165) is 5.52 Å². The average molecular weight is 213 g/mol. The number of aromatic hydroxyl groups is 1. The molecule has 1 aromatic heterocycles. The average Bonchev–Trinajstić information content (AvgIpc) is 2.35. The van der Waals surface area contributed by atoms with Crippen LogP contribution in [0.3, 0.4) is 0 Å². The Morgan fingerprint density at radius 1 is 1.45 bits per heavy atom. The van der Waals surface area contributed by atoms with Crippen molar-refractivity contribution in [2.45, 2.75) is 0 Å². The molecule has 0 radical (unpaired) electrons. The van der Waals surface area contributed by atoms with Gasteiger partial charge in [0.1, 0.15) is 17.6 Å². The maximum absolute atomic E-state index is 9.29. The molecule has 0 bridgehead atoms. The number of hydrogen-bond donors (Lipinski definition) is 1. The lowest BCUT2D eigenvalue weighted by Crippen LogP contribution is -1.73. The van der Waals surface area contributed by atoms with E-state index in [4.69, 9.17) is 0 Å². The molecule has 2 rings (SSSR count). The van der Waals surface area contributed by atoms with Gasteiger partial charge in [-0.1, -0.05) is 6.07 Å². The summed E-state index contributed by atoms with van der Waals surface area (Å²) >= 11 is 3.24. The van der Waals surface area contributed by atoms with E-state index >= 15 is 0 Å². The number of halogens is 1. The number of para-hydroxylation sites is 1. The SMILES string of the molecule is Oc1cccc2c1ncn2Br. The van der Waals surface area contributed by atoms with E-state index in [1.54, 1.807) is 22.1 Å². The third kappa shape index (κ3) is 0.903. The van der Waals surface area contributed by atoms with Crippen molar-refractivity contribution in [2.24, 2.45) is 0 Å². The summed E-state index contributed by atoms with van der Waals surface area (Å²) in [6.07, 6.45) is 1.60. The van der Waals surface area contributed by atoms with Crippen molar-refractivity contribution < 1.29 is 5.11 Å². The Hall–Kier alpha value is -1.03. The fraction of sp³-hybridized carbons (Fsp3) is 0. The highest BCUT2D eigenvalue weighted by atomic mass is 79.9. The maximum Gasteiger partial charge on any atom is 0.143 e. The molecule has 0 saturated heterocycles. The summed E-state index contributed by atoms with van der Waals surface area (Å²) in [6, 6.07) is 5.26. The van der Waals surface area contributed by atoms with Crippen LogP contribution in [0, 0.1) is 0 Å². The molecular weight excluding hydrogens is 208 g/mol. The zero-order chi connectivity index (χ0) is 7.84. The van der Waals surface area contributed by atoms with Gasteiger partial charge in [-0.15, -0.1) is 0 Å². The Kier molecular flexibility index (Phi) is 1.35. The van der Waals surface area contributed by atoms with Gasteiger partial charge in [-0.05, 0) is 12.1 Å². The minimum absolute atomic E-state index is 0.209. The summed E-state index contributed by atoms with van der Waals surface area (Å²) in [6.45, 7) is 0. The predicted molar refractivity (Wildman–Crippen MR) is 45.7 cm³/mol. The quantitative estimate of drug-likeness (QED) is 0.725. The van der Waals surface area contributed by atoms with E-state index in [-0.39, 0.29) is 5.75 Å². The van der Waals surface area contributed by atoms with Crippen LogP contribution in [0.2, 0.25) is 0 Å². The number of fused-ring (bicyclic) bond motifs is 1. The van der Waals surface area contributed by atoms with Crippen LogP contribution in [-0.4, -0.2) is 13.7 Å². The Morgan fingerprint density at radius 2 is 2.27 bits per heavy atom. The van der Waals surface area contributed by atoms with Gasteiger partial charge in [0.2, 0.25) is 0 Å². The Labute approximate surface area is 71.6 Å². The normalized spacial score (nSPS) is 10.6. The van der Waals surface area contributed by atoms with Crippen molar-refractivity contribution in [1.82, 2.24) is 8.58 Å². The molecule has 0 atom stereocenters. The smallest absolute Gasteiger partial charge is 0.143 e. The van der Waals surface area contributed by atoms with E-state index in [2.05, 4.69) is 21.1 Å². The molecule has 0 amide bonds. The van der Waals surface area contributed by atoms with Gasteiger partial charge in [0.05, 0.1) is 21.7 Å². The second kappa shape index (κ2) is 2.23. The molecule has 1 N–H and O–H groups in total. The fourth-order valence-electron chi connectivity index (χ4n) is 0.995. The van der Waals surface area contributed by atoms with Crippen LogP contribution in [0.1, 0.15) is 0 Å². The molecule has 11 heavy (non-hydrogen) atoms. The summed E-state index contributed by atoms with van der Waals surface area (Å²) in [4.78, 5) is 3.98. The molecule has 0 unspecified atom stereocenters. The van der Waals surface area contributed by atoms with Gasteiger partial charge in [0.15, 0.2) is 0 Å². The number of hydrogen-bond acceptors (Lipinski definition) is 2. The van der Waals surface area contributed by atoms with E-state index in [1.807, 2.05) is 6.07 Å². The number of rotatable bonds is 0. The molecule has 3 nitrogen and oxygen atoms in total. The molecule has 2 aromatic rings. The molecule has 56 valence electrons. The maximum atomic E-state index is 9.29. The first-order chi connectivity index (χ1) is 5.29. The van der Waals surface area contributed by atoms with Gasteiger partial charge in [0, 0.05) is 0 Å². The highest BCUT2D eigenvalue weighted by molar-refractivity contribution is 9.08. The van der Waals surface area contributed by atoms with E-state index in [0.29, 0.717) is 5.52 Å². The molecule has 0 aliphatic heterocycles. The van der Waals surface area contributed by atoms with Crippen molar-refractivity contribution in [3.8, 4) is 5.75 Å². The number of imidazole rings is 1. The van der Waals surface area contributed by atoms with Crippen molar-refractivity contribution in [3.05, 3.63) is 24.5 Å². The van der Waals surface area contributed by atoms with Gasteiger partial charge < -0.3 is 5.11 Å². The van der Waals surface area contributed by atoms with Crippen LogP contribution in [0.15, 0.2) is 24.5 Å². The Bertz CT molecular complexity index is 396. The highest BCUT2D eigenvalue weighted by Gasteiger charge is 2.02. The minimum Gasteiger partial charge on any atom is -0.506 e. The van der Waals surface area contributed by atoms with Gasteiger partial charge in [-0.25, -0.2) is 4.98 Å². The lowest BCUT2D eigenvalue weighted by molar-refractivity contribution is 0.480. The number of aromatic nitrogens is 2. The molecule has 0 saturated carbocycles. The molecule has 4 heteroatoms. The van der Waals surface area contributed by atoms with Gasteiger partial charge in [-0.2, -0.15) is 0 Å². The van der Waals surface area contributed by atoms with Gasteiger partial charge in [0.25, 0.3) is 0 Å². The van der Waals surface area contributed by atoms with Crippen molar-refractivity contribution in [1.29, 1.82) is 0 Å². The number of phenols is 1. The standard InChI is InChI=1S/C7H5BrN2O/c8-10-4-9-7-5(10)2-1-3-6(7)11/h1-4,11H. The van der Waals surface area contributed by atoms with Gasteiger partial charge >= 0.3 is 0 Å². The predicted octanol–water partition coefficient (Wildman–Crippen LogP) is 1.90. The summed E-state index contributed by atoms with van der Waals surface area (Å²) in [5.74, 6) is 0.209. The van der Waals surface area contributed by atoms with E-state index in [9.17, 15) is 5.11 Å². The second-order valence-corrected chi connectivity index (χ2v) is 2.96. The topological polar surface area (TPSA) is 38.1 Å². The Balaban J connectivity index is 2.94. The van der Waals surface area contributed by atoms with Crippen molar-refractivity contribution in [3.63, 3.8) is 0 Å². The van der Waals surface area contributed by atoms with Crippen LogP contribution in [0.4, 0.5) is 0 Å². The largest absolute Gasteiger partial charge is 0.506 e. The van der Waals surface area contributed by atoms with Crippen LogP contribution in [0.5, 0.6) is 5.75 Å². The summed E-state index contributed by atoms with van der Waals surface area (Å²) in [7, 11) is 0. The lowest BCUT2D eigenvalue weighted by Gasteiger charge is -1.92. The fourth-order valence-corrected chi connectivity index (χ4v) is 1.37. The first kappa shape index (κ1) is 6.67. The molecule has 0 fully saturated rings. The molecular formula is C7H5BrN2O. The molecule has 0 spiro atoms. The first-order valence-electron chi connectivity index (χ1n) is 3.10. The number of phenolic OH excluding ortho intramolecular Hbond substituents is 1. The number of nitrogens with zero attached hydrogens (tertiary/aromatic N) is 2. The van der Waals surface area contributed by atoms with Crippen LogP contribution in [-0.2, 0) is 0 Å². The van der Waals surface area contributed by atoms with E-state index in [1.165, 1.54) is 0 Å². The van der Waals surface area contributed by atoms with Crippen molar-refractivity contribution in [2.75, 3.05) is 0 Å². The first-order valence-corrected chi connectivity index (χ1v) is 3.81. The molecule has 1 aromatic carbocycles. The van der Waals surface area contributed by atoms with Crippen LogP contribution >= 0.6 is 16.1 Å². The Morgan fingerprint density at radius 3 is 3.00 bits per heavy atom. The summed E-state index contributed by atoms with van der Waals surface area (Å²) in [5, 5.41) is 9.29. The third-order valence-corrected chi connectivity index (χ3v) is 2.08. The van der Waals surface area contributed by atoms with Gasteiger partial charge in [-0.3, -0.25) is 3.59 Å². The monoisotopic (exact) mass is 212 g/mol. The molecule has 1 heterocycles.